The van der Waals surface area contributed by atoms with Crippen LogP contribution in [0.3, 0.4) is 0 Å². The Morgan fingerprint density at radius 1 is 0.680 bits per heavy atom. The topological polar surface area (TPSA) is 9.23 Å². The molecule has 5 aromatic carbocycles. The molecule has 0 spiro atoms. The standard InChI is InChI=1S/C24H16O/c1-2-14-25-15-17-12-13-22-20-10-4-7-16-6-3-9-19(23(16)20)21-11-5-8-18(17)24(21)22/h1,3-13H,14-15H2. The number of benzene rings is 5. The van der Waals surface area contributed by atoms with E-state index in [1.54, 1.807) is 0 Å². The summed E-state index contributed by atoms with van der Waals surface area (Å²) >= 11 is 0. The van der Waals surface area contributed by atoms with Gasteiger partial charge >= 0.3 is 0 Å². The second kappa shape index (κ2) is 5.48. The van der Waals surface area contributed by atoms with Gasteiger partial charge in [0.25, 0.3) is 0 Å². The summed E-state index contributed by atoms with van der Waals surface area (Å²) < 4.78 is 5.60. The lowest BCUT2D eigenvalue weighted by atomic mass is 9.88. The summed E-state index contributed by atoms with van der Waals surface area (Å²) in [4.78, 5) is 0. The predicted octanol–water partition coefficient (Wildman–Crippen LogP) is 5.89. The zero-order valence-electron chi connectivity index (χ0n) is 13.8. The fourth-order valence-electron chi connectivity index (χ4n) is 4.05. The van der Waals surface area contributed by atoms with Gasteiger partial charge in [0.2, 0.25) is 0 Å². The predicted molar refractivity (Wildman–Crippen MR) is 106 cm³/mol. The molecule has 0 aliphatic carbocycles. The SMILES string of the molecule is C#CCOCc1ccc2c3cccc4cccc(c5cccc1c52)c43. The minimum Gasteiger partial charge on any atom is -0.364 e. The van der Waals surface area contributed by atoms with Crippen LogP contribution in [0.4, 0.5) is 0 Å². The first kappa shape index (κ1) is 14.3. The number of hydrogen-bond donors (Lipinski definition) is 0. The van der Waals surface area contributed by atoms with Crippen LogP contribution in [-0.2, 0) is 11.3 Å². The first-order chi connectivity index (χ1) is 12.4. The zero-order valence-corrected chi connectivity index (χ0v) is 13.8. The molecule has 0 saturated carbocycles. The molecular formula is C24H16O. The van der Waals surface area contributed by atoms with Crippen LogP contribution >= 0.6 is 0 Å². The monoisotopic (exact) mass is 320 g/mol. The molecule has 0 unspecified atom stereocenters. The van der Waals surface area contributed by atoms with Crippen molar-refractivity contribution in [1.82, 2.24) is 0 Å². The molecule has 5 aromatic rings. The number of rotatable bonds is 3. The third-order valence-corrected chi connectivity index (χ3v) is 5.06. The Morgan fingerprint density at radius 2 is 1.28 bits per heavy atom. The molecule has 0 aliphatic heterocycles. The van der Waals surface area contributed by atoms with Crippen molar-refractivity contribution in [3.05, 3.63) is 72.3 Å². The summed E-state index contributed by atoms with van der Waals surface area (Å²) in [5, 5.41) is 10.4. The van der Waals surface area contributed by atoms with Gasteiger partial charge in [0.05, 0.1) is 6.61 Å². The Bertz CT molecular complexity index is 1220. The van der Waals surface area contributed by atoms with E-state index in [4.69, 9.17) is 11.2 Å². The minimum atomic E-state index is 0.338. The molecule has 1 heteroatoms. The van der Waals surface area contributed by atoms with E-state index in [-0.39, 0.29) is 0 Å². The van der Waals surface area contributed by atoms with E-state index in [0.29, 0.717) is 13.2 Å². The third kappa shape index (κ3) is 2.02. The van der Waals surface area contributed by atoms with Gasteiger partial charge in [-0.2, -0.15) is 0 Å². The second-order valence-corrected chi connectivity index (χ2v) is 6.41. The van der Waals surface area contributed by atoms with Crippen LogP contribution in [0.5, 0.6) is 0 Å². The highest BCUT2D eigenvalue weighted by Crippen LogP contribution is 2.40. The van der Waals surface area contributed by atoms with Crippen molar-refractivity contribution in [2.24, 2.45) is 0 Å². The molecule has 0 heterocycles. The van der Waals surface area contributed by atoms with Crippen LogP contribution in [0.1, 0.15) is 5.56 Å². The van der Waals surface area contributed by atoms with Crippen LogP contribution in [0.2, 0.25) is 0 Å². The lowest BCUT2D eigenvalue weighted by molar-refractivity contribution is 0.154. The molecule has 0 fully saturated rings. The Kier molecular flexibility index (Phi) is 3.13. The van der Waals surface area contributed by atoms with E-state index in [2.05, 4.69) is 72.7 Å². The molecule has 0 aromatic heterocycles. The van der Waals surface area contributed by atoms with E-state index >= 15 is 0 Å². The quantitative estimate of drug-likeness (QED) is 0.174. The maximum absolute atomic E-state index is 5.60. The summed E-state index contributed by atoms with van der Waals surface area (Å²) in [5.74, 6) is 2.54. The molecule has 0 N–H and O–H groups in total. The molecule has 1 nitrogen and oxygen atoms in total. The number of terminal acetylenes is 1. The van der Waals surface area contributed by atoms with Crippen molar-refractivity contribution in [3.8, 4) is 12.3 Å². The van der Waals surface area contributed by atoms with Crippen molar-refractivity contribution in [3.63, 3.8) is 0 Å². The van der Waals surface area contributed by atoms with Crippen LogP contribution in [0, 0.1) is 12.3 Å². The van der Waals surface area contributed by atoms with Gasteiger partial charge in [0, 0.05) is 0 Å². The molecule has 0 amide bonds. The first-order valence-corrected chi connectivity index (χ1v) is 8.47. The van der Waals surface area contributed by atoms with Crippen LogP contribution < -0.4 is 0 Å². The van der Waals surface area contributed by atoms with Gasteiger partial charge in [0.15, 0.2) is 0 Å². The average Bonchev–Trinajstić information content (AvgIpc) is 2.67. The average molecular weight is 320 g/mol. The molecule has 25 heavy (non-hydrogen) atoms. The maximum Gasteiger partial charge on any atom is 0.107 e. The minimum absolute atomic E-state index is 0.338. The van der Waals surface area contributed by atoms with Gasteiger partial charge < -0.3 is 4.74 Å². The van der Waals surface area contributed by atoms with Gasteiger partial charge in [-0.1, -0.05) is 72.7 Å². The van der Waals surface area contributed by atoms with Crippen LogP contribution in [0.15, 0.2) is 66.7 Å². The largest absolute Gasteiger partial charge is 0.364 e. The fraction of sp³-hybridized carbons (Fsp3) is 0.0833. The number of ether oxygens (including phenoxy) is 1. The van der Waals surface area contributed by atoms with E-state index in [1.165, 1.54) is 48.7 Å². The molecule has 118 valence electrons. The third-order valence-electron chi connectivity index (χ3n) is 5.06. The summed E-state index contributed by atoms with van der Waals surface area (Å²) in [6.07, 6.45) is 5.31. The number of hydrogen-bond acceptors (Lipinski definition) is 1. The van der Waals surface area contributed by atoms with Crippen molar-refractivity contribution < 1.29 is 4.74 Å². The Labute approximate surface area is 146 Å². The number of fused-ring (bicyclic) bond motifs is 2. The normalized spacial score (nSPS) is 11.6. The van der Waals surface area contributed by atoms with E-state index < -0.39 is 0 Å². The van der Waals surface area contributed by atoms with Crippen molar-refractivity contribution in [2.75, 3.05) is 6.61 Å². The molecule has 0 saturated heterocycles. The van der Waals surface area contributed by atoms with Gasteiger partial charge in [-0.3, -0.25) is 0 Å². The van der Waals surface area contributed by atoms with Crippen LogP contribution in [0.25, 0.3) is 43.1 Å². The first-order valence-electron chi connectivity index (χ1n) is 8.47. The fourth-order valence-corrected chi connectivity index (χ4v) is 4.05. The molecule has 0 radical (unpaired) electrons. The lowest BCUT2D eigenvalue weighted by Gasteiger charge is -2.16. The van der Waals surface area contributed by atoms with Gasteiger partial charge in [0.1, 0.15) is 6.61 Å². The Balaban J connectivity index is 1.95. The molecule has 0 atom stereocenters. The summed E-state index contributed by atoms with van der Waals surface area (Å²) in [6, 6.07) is 24.1. The Hall–Kier alpha value is -3.08. The summed E-state index contributed by atoms with van der Waals surface area (Å²) in [7, 11) is 0. The highest BCUT2D eigenvalue weighted by Gasteiger charge is 2.13. The smallest absolute Gasteiger partial charge is 0.107 e. The van der Waals surface area contributed by atoms with Gasteiger partial charge in [-0.25, -0.2) is 0 Å². The van der Waals surface area contributed by atoms with E-state index in [9.17, 15) is 0 Å². The highest BCUT2D eigenvalue weighted by molar-refractivity contribution is 6.33. The van der Waals surface area contributed by atoms with Gasteiger partial charge in [-0.15, -0.1) is 6.42 Å². The Morgan fingerprint density at radius 3 is 2.00 bits per heavy atom. The lowest BCUT2D eigenvalue weighted by Crippen LogP contribution is -1.95. The van der Waals surface area contributed by atoms with Crippen LogP contribution in [-0.4, -0.2) is 6.61 Å². The zero-order chi connectivity index (χ0) is 16.8. The second-order valence-electron chi connectivity index (χ2n) is 6.41. The maximum atomic E-state index is 5.60. The molecular weight excluding hydrogens is 304 g/mol. The summed E-state index contributed by atoms with van der Waals surface area (Å²) in [6.45, 7) is 0.876. The van der Waals surface area contributed by atoms with Crippen molar-refractivity contribution in [1.29, 1.82) is 0 Å². The van der Waals surface area contributed by atoms with Crippen molar-refractivity contribution >= 4 is 43.1 Å². The molecule has 0 aliphatic rings. The molecule has 0 bridgehead atoms. The van der Waals surface area contributed by atoms with Gasteiger partial charge in [-0.05, 0) is 48.7 Å². The van der Waals surface area contributed by atoms with Crippen molar-refractivity contribution in [2.45, 2.75) is 6.61 Å². The highest BCUT2D eigenvalue weighted by atomic mass is 16.5. The molecule has 5 rings (SSSR count). The van der Waals surface area contributed by atoms with E-state index in [0.717, 1.165) is 0 Å². The summed E-state index contributed by atoms with van der Waals surface area (Å²) in [5.41, 5.74) is 1.18. The van der Waals surface area contributed by atoms with E-state index in [1.807, 2.05) is 0 Å².